The molecule has 1 aliphatic carbocycles. The minimum atomic E-state index is -3.52. The van der Waals surface area contributed by atoms with Gasteiger partial charge in [-0.3, -0.25) is 0 Å². The molecule has 0 amide bonds. The first kappa shape index (κ1) is 14.1. The lowest BCUT2D eigenvalue weighted by molar-refractivity contribution is 0.414. The Morgan fingerprint density at radius 3 is 2.52 bits per heavy atom. The van der Waals surface area contributed by atoms with Gasteiger partial charge in [-0.15, -0.1) is 0 Å². The van der Waals surface area contributed by atoms with E-state index in [2.05, 4.69) is 10.8 Å². The summed E-state index contributed by atoms with van der Waals surface area (Å²) in [6.45, 7) is 0. The first-order valence-corrected chi connectivity index (χ1v) is 8.32. The van der Waals surface area contributed by atoms with Gasteiger partial charge in [-0.25, -0.2) is 13.1 Å². The van der Waals surface area contributed by atoms with Crippen LogP contribution in [-0.4, -0.2) is 15.5 Å². The zero-order valence-electron chi connectivity index (χ0n) is 11.7. The van der Waals surface area contributed by atoms with Gasteiger partial charge in [-0.1, -0.05) is 24.3 Å². The molecule has 0 saturated carbocycles. The molecular formula is C16H17NO3S. The van der Waals surface area contributed by atoms with Gasteiger partial charge in [0.25, 0.3) is 0 Å². The van der Waals surface area contributed by atoms with Crippen LogP contribution in [0, 0.1) is 0 Å². The summed E-state index contributed by atoms with van der Waals surface area (Å²) in [6, 6.07) is 14.2. The molecule has 3 rings (SSSR count). The predicted octanol–water partition coefficient (Wildman–Crippen LogP) is 2.66. The molecule has 1 N–H and O–H groups in total. The van der Waals surface area contributed by atoms with Gasteiger partial charge in [-0.05, 0) is 48.2 Å². The summed E-state index contributed by atoms with van der Waals surface area (Å²) in [5, 5.41) is 0. The van der Waals surface area contributed by atoms with Crippen molar-refractivity contribution in [3.63, 3.8) is 0 Å². The van der Waals surface area contributed by atoms with Crippen LogP contribution in [0.1, 0.15) is 23.6 Å². The SMILES string of the molecule is COc1ccc(S(=O)(=O)NC2CCc3ccccc32)cc1. The van der Waals surface area contributed by atoms with Crippen LogP contribution < -0.4 is 9.46 Å². The molecule has 1 atom stereocenters. The van der Waals surface area contributed by atoms with Crippen LogP contribution in [-0.2, 0) is 16.4 Å². The van der Waals surface area contributed by atoms with Crippen molar-refractivity contribution in [3.8, 4) is 5.75 Å². The average molecular weight is 303 g/mol. The van der Waals surface area contributed by atoms with Crippen molar-refractivity contribution in [3.05, 3.63) is 59.7 Å². The molecule has 2 aromatic rings. The van der Waals surface area contributed by atoms with Gasteiger partial charge in [0, 0.05) is 6.04 Å². The van der Waals surface area contributed by atoms with Gasteiger partial charge in [0.2, 0.25) is 10.0 Å². The molecule has 2 aromatic carbocycles. The first-order chi connectivity index (χ1) is 10.1. The van der Waals surface area contributed by atoms with Gasteiger partial charge in [0.05, 0.1) is 12.0 Å². The Morgan fingerprint density at radius 1 is 1.10 bits per heavy atom. The topological polar surface area (TPSA) is 55.4 Å². The van der Waals surface area contributed by atoms with Crippen molar-refractivity contribution in [2.24, 2.45) is 0 Å². The Morgan fingerprint density at radius 2 is 1.81 bits per heavy atom. The molecule has 5 heteroatoms. The lowest BCUT2D eigenvalue weighted by Crippen LogP contribution is -2.27. The summed E-state index contributed by atoms with van der Waals surface area (Å²) in [7, 11) is -1.96. The molecule has 110 valence electrons. The summed E-state index contributed by atoms with van der Waals surface area (Å²) in [5.41, 5.74) is 2.30. The Balaban J connectivity index is 1.83. The van der Waals surface area contributed by atoms with Crippen molar-refractivity contribution in [2.75, 3.05) is 7.11 Å². The van der Waals surface area contributed by atoms with E-state index in [4.69, 9.17) is 4.74 Å². The molecule has 1 unspecified atom stereocenters. The van der Waals surface area contributed by atoms with E-state index in [1.807, 2.05) is 18.2 Å². The third-order valence-electron chi connectivity index (χ3n) is 3.80. The average Bonchev–Trinajstić information content (AvgIpc) is 2.90. The van der Waals surface area contributed by atoms with E-state index in [9.17, 15) is 8.42 Å². The van der Waals surface area contributed by atoms with E-state index >= 15 is 0 Å². The quantitative estimate of drug-likeness (QED) is 0.944. The smallest absolute Gasteiger partial charge is 0.241 e. The molecule has 1 aliphatic rings. The zero-order valence-corrected chi connectivity index (χ0v) is 12.6. The maximum atomic E-state index is 12.4. The van der Waals surface area contributed by atoms with E-state index in [1.54, 1.807) is 31.4 Å². The second-order valence-corrected chi connectivity index (χ2v) is 6.80. The molecule has 0 radical (unpaired) electrons. The van der Waals surface area contributed by atoms with E-state index in [-0.39, 0.29) is 10.9 Å². The van der Waals surface area contributed by atoms with Crippen molar-refractivity contribution >= 4 is 10.0 Å². The van der Waals surface area contributed by atoms with Gasteiger partial charge in [0.15, 0.2) is 0 Å². The Kier molecular flexibility index (Phi) is 3.69. The van der Waals surface area contributed by atoms with Crippen LogP contribution in [0.3, 0.4) is 0 Å². The lowest BCUT2D eigenvalue weighted by Gasteiger charge is -2.14. The van der Waals surface area contributed by atoms with Crippen LogP contribution in [0.2, 0.25) is 0 Å². The fraction of sp³-hybridized carbons (Fsp3) is 0.250. The van der Waals surface area contributed by atoms with Gasteiger partial charge in [0.1, 0.15) is 5.75 Å². The maximum Gasteiger partial charge on any atom is 0.241 e. The number of aryl methyl sites for hydroxylation is 1. The number of sulfonamides is 1. The molecule has 0 spiro atoms. The Labute approximate surface area is 124 Å². The van der Waals surface area contributed by atoms with Crippen LogP contribution in [0.4, 0.5) is 0 Å². The second kappa shape index (κ2) is 5.50. The third kappa shape index (κ3) is 2.80. The Hall–Kier alpha value is -1.85. The minimum Gasteiger partial charge on any atom is -0.497 e. The normalized spacial score (nSPS) is 17.5. The van der Waals surface area contributed by atoms with E-state index < -0.39 is 10.0 Å². The summed E-state index contributed by atoms with van der Waals surface area (Å²) < 4.78 is 32.7. The highest BCUT2D eigenvalue weighted by molar-refractivity contribution is 7.89. The Bertz CT molecular complexity index is 738. The highest BCUT2D eigenvalue weighted by Crippen LogP contribution is 2.32. The fourth-order valence-corrected chi connectivity index (χ4v) is 3.94. The molecule has 0 aromatic heterocycles. The number of rotatable bonds is 4. The monoisotopic (exact) mass is 303 g/mol. The van der Waals surface area contributed by atoms with Crippen LogP contribution >= 0.6 is 0 Å². The number of ether oxygens (including phenoxy) is 1. The van der Waals surface area contributed by atoms with E-state index in [1.165, 1.54) is 5.56 Å². The predicted molar refractivity (Wildman–Crippen MR) is 80.8 cm³/mol. The van der Waals surface area contributed by atoms with E-state index in [0.717, 1.165) is 18.4 Å². The van der Waals surface area contributed by atoms with Crippen molar-refractivity contribution < 1.29 is 13.2 Å². The number of methoxy groups -OCH3 is 1. The van der Waals surface area contributed by atoms with Crippen LogP contribution in [0.15, 0.2) is 53.4 Å². The molecule has 0 aliphatic heterocycles. The molecular weight excluding hydrogens is 286 g/mol. The summed E-state index contributed by atoms with van der Waals surface area (Å²) >= 11 is 0. The minimum absolute atomic E-state index is 0.145. The standard InChI is InChI=1S/C16H17NO3S/c1-20-13-7-9-14(10-8-13)21(18,19)17-16-11-6-12-4-2-3-5-15(12)16/h2-5,7-10,16-17H,6,11H2,1H3. The lowest BCUT2D eigenvalue weighted by atomic mass is 10.1. The molecule has 0 heterocycles. The maximum absolute atomic E-state index is 12.4. The van der Waals surface area contributed by atoms with Crippen molar-refractivity contribution in [1.82, 2.24) is 4.72 Å². The largest absolute Gasteiger partial charge is 0.497 e. The van der Waals surface area contributed by atoms with Crippen molar-refractivity contribution in [2.45, 2.75) is 23.8 Å². The number of hydrogen-bond acceptors (Lipinski definition) is 3. The number of nitrogens with one attached hydrogen (secondary N) is 1. The van der Waals surface area contributed by atoms with Gasteiger partial charge >= 0.3 is 0 Å². The summed E-state index contributed by atoms with van der Waals surface area (Å²) in [6.07, 6.45) is 1.71. The highest BCUT2D eigenvalue weighted by atomic mass is 32.2. The van der Waals surface area contributed by atoms with Crippen LogP contribution in [0.25, 0.3) is 0 Å². The van der Waals surface area contributed by atoms with E-state index in [0.29, 0.717) is 5.75 Å². The number of fused-ring (bicyclic) bond motifs is 1. The number of hydrogen-bond donors (Lipinski definition) is 1. The second-order valence-electron chi connectivity index (χ2n) is 5.09. The molecule has 0 bridgehead atoms. The highest BCUT2D eigenvalue weighted by Gasteiger charge is 2.27. The summed E-state index contributed by atoms with van der Waals surface area (Å²) in [5.74, 6) is 0.639. The molecule has 21 heavy (non-hydrogen) atoms. The van der Waals surface area contributed by atoms with Crippen LogP contribution in [0.5, 0.6) is 5.75 Å². The molecule has 0 fully saturated rings. The summed E-state index contributed by atoms with van der Waals surface area (Å²) in [4.78, 5) is 0.257. The fourth-order valence-electron chi connectivity index (χ4n) is 2.69. The van der Waals surface area contributed by atoms with Crippen molar-refractivity contribution in [1.29, 1.82) is 0 Å². The molecule has 0 saturated heterocycles. The van der Waals surface area contributed by atoms with Gasteiger partial charge in [-0.2, -0.15) is 0 Å². The first-order valence-electron chi connectivity index (χ1n) is 6.84. The molecule has 4 nitrogen and oxygen atoms in total. The number of benzene rings is 2. The van der Waals surface area contributed by atoms with Gasteiger partial charge < -0.3 is 4.74 Å². The zero-order chi connectivity index (χ0) is 14.9. The third-order valence-corrected chi connectivity index (χ3v) is 5.29.